The standard InChI is InChI=1S/C32H37N7O3/c1-40-28-13-27(14-29(16-28)41-2)39(10-9-37-8-5-24(17-33)20-37)26-3-4-30-31(15-26)36-32(19-34-30)25-18-35-38(22-25)21-23-6-11-42-12-7-23/h3-4,13-16,18-19,22-24H,5-12,20-21H2,1-2H3. The lowest BCUT2D eigenvalue weighted by molar-refractivity contribution is 0.0601. The Labute approximate surface area is 246 Å². The molecule has 1 unspecified atom stereocenters. The highest BCUT2D eigenvalue weighted by Crippen LogP contribution is 2.34. The van der Waals surface area contributed by atoms with E-state index in [1.807, 2.05) is 41.3 Å². The third kappa shape index (κ3) is 6.32. The van der Waals surface area contributed by atoms with Crippen molar-refractivity contribution in [1.29, 1.82) is 5.26 Å². The van der Waals surface area contributed by atoms with Gasteiger partial charge in [-0.3, -0.25) is 9.67 Å². The molecule has 0 radical (unpaired) electrons. The van der Waals surface area contributed by atoms with E-state index in [-0.39, 0.29) is 5.92 Å². The maximum atomic E-state index is 9.38. The number of methoxy groups -OCH3 is 2. The van der Waals surface area contributed by atoms with Crippen LogP contribution in [0.3, 0.4) is 0 Å². The van der Waals surface area contributed by atoms with Crippen LogP contribution in [0.25, 0.3) is 22.3 Å². The average Bonchev–Trinajstić information content (AvgIpc) is 3.71. The van der Waals surface area contributed by atoms with Crippen LogP contribution in [-0.2, 0) is 11.3 Å². The number of likely N-dealkylation sites (tertiary alicyclic amines) is 1. The van der Waals surface area contributed by atoms with E-state index < -0.39 is 0 Å². The summed E-state index contributed by atoms with van der Waals surface area (Å²) in [5.74, 6) is 2.14. The third-order valence-corrected chi connectivity index (χ3v) is 8.30. The van der Waals surface area contributed by atoms with Crippen molar-refractivity contribution in [1.82, 2.24) is 24.6 Å². The molecule has 0 N–H and O–H groups in total. The van der Waals surface area contributed by atoms with E-state index in [1.54, 1.807) is 14.2 Å². The molecular weight excluding hydrogens is 530 g/mol. The molecule has 2 aromatic carbocycles. The normalized spacial score (nSPS) is 17.8. The Balaban J connectivity index is 1.29. The number of fused-ring (bicyclic) bond motifs is 1. The smallest absolute Gasteiger partial charge is 0.124 e. The van der Waals surface area contributed by atoms with Crippen LogP contribution in [0.5, 0.6) is 11.5 Å². The van der Waals surface area contributed by atoms with Crippen molar-refractivity contribution in [2.75, 3.05) is 58.5 Å². The highest BCUT2D eigenvalue weighted by Gasteiger charge is 2.23. The van der Waals surface area contributed by atoms with Gasteiger partial charge in [-0.2, -0.15) is 10.4 Å². The molecule has 0 aliphatic carbocycles. The number of rotatable bonds is 10. The molecule has 1 atom stereocenters. The van der Waals surface area contributed by atoms with E-state index in [1.165, 1.54) is 0 Å². The van der Waals surface area contributed by atoms with Crippen molar-refractivity contribution in [3.8, 4) is 28.8 Å². The number of nitriles is 1. The Morgan fingerprint density at radius 1 is 1.00 bits per heavy atom. The predicted molar refractivity (Wildman–Crippen MR) is 161 cm³/mol. The van der Waals surface area contributed by atoms with Gasteiger partial charge in [-0.05, 0) is 49.9 Å². The van der Waals surface area contributed by atoms with E-state index in [0.29, 0.717) is 5.92 Å². The van der Waals surface area contributed by atoms with Gasteiger partial charge in [0, 0.05) is 80.7 Å². The summed E-state index contributed by atoms with van der Waals surface area (Å²) in [7, 11) is 3.32. The minimum atomic E-state index is 0.103. The number of hydrogen-bond acceptors (Lipinski definition) is 9. The molecule has 4 aromatic rings. The molecule has 6 rings (SSSR count). The van der Waals surface area contributed by atoms with Gasteiger partial charge in [-0.1, -0.05) is 0 Å². The van der Waals surface area contributed by atoms with Gasteiger partial charge in [0.2, 0.25) is 0 Å². The fourth-order valence-corrected chi connectivity index (χ4v) is 5.83. The number of anilines is 2. The van der Waals surface area contributed by atoms with Crippen LogP contribution in [0, 0.1) is 23.2 Å². The quantitative estimate of drug-likeness (QED) is 0.264. The molecule has 10 nitrogen and oxygen atoms in total. The lowest BCUT2D eigenvalue weighted by Crippen LogP contribution is -2.31. The molecule has 2 fully saturated rings. The van der Waals surface area contributed by atoms with Gasteiger partial charge in [-0.25, -0.2) is 4.98 Å². The fourth-order valence-electron chi connectivity index (χ4n) is 5.83. The van der Waals surface area contributed by atoms with Crippen molar-refractivity contribution in [3.63, 3.8) is 0 Å². The average molecular weight is 568 g/mol. The highest BCUT2D eigenvalue weighted by molar-refractivity contribution is 5.82. The van der Waals surface area contributed by atoms with Gasteiger partial charge >= 0.3 is 0 Å². The number of benzene rings is 2. The first-order chi connectivity index (χ1) is 20.6. The van der Waals surface area contributed by atoms with Crippen molar-refractivity contribution < 1.29 is 14.2 Å². The number of aromatic nitrogens is 4. The van der Waals surface area contributed by atoms with Crippen LogP contribution in [-0.4, -0.2) is 78.3 Å². The molecule has 0 bridgehead atoms. The molecule has 10 heteroatoms. The summed E-state index contributed by atoms with van der Waals surface area (Å²) < 4.78 is 18.7. The van der Waals surface area contributed by atoms with Gasteiger partial charge < -0.3 is 24.0 Å². The first-order valence-corrected chi connectivity index (χ1v) is 14.6. The largest absolute Gasteiger partial charge is 0.497 e. The minimum absolute atomic E-state index is 0.103. The Morgan fingerprint density at radius 2 is 1.81 bits per heavy atom. The molecule has 4 heterocycles. The highest BCUT2D eigenvalue weighted by atomic mass is 16.5. The predicted octanol–water partition coefficient (Wildman–Crippen LogP) is 4.92. The van der Waals surface area contributed by atoms with Gasteiger partial charge in [0.15, 0.2) is 0 Å². The van der Waals surface area contributed by atoms with Gasteiger partial charge in [0.05, 0.1) is 55.3 Å². The topological polar surface area (TPSA) is 102 Å². The molecular formula is C32H37N7O3. The summed E-state index contributed by atoms with van der Waals surface area (Å²) >= 11 is 0. The first-order valence-electron chi connectivity index (χ1n) is 14.6. The first kappa shape index (κ1) is 27.9. The SMILES string of the molecule is COc1cc(OC)cc(N(CCN2CCC(C#N)C2)c2ccc3ncc(-c4cnn(CC5CCOCC5)c4)nc3c2)c1. The lowest BCUT2D eigenvalue weighted by atomic mass is 10.0. The van der Waals surface area contributed by atoms with Crippen LogP contribution in [0.1, 0.15) is 19.3 Å². The van der Waals surface area contributed by atoms with E-state index in [4.69, 9.17) is 24.2 Å². The van der Waals surface area contributed by atoms with Crippen molar-refractivity contribution >= 4 is 22.4 Å². The molecule has 0 amide bonds. The van der Waals surface area contributed by atoms with Crippen molar-refractivity contribution in [3.05, 3.63) is 55.0 Å². The summed E-state index contributed by atoms with van der Waals surface area (Å²) in [6.07, 6.45) is 8.82. The van der Waals surface area contributed by atoms with Crippen LogP contribution >= 0.6 is 0 Å². The molecule has 2 saturated heterocycles. The molecule has 2 aliphatic heterocycles. The number of ether oxygens (including phenoxy) is 3. The zero-order valence-electron chi connectivity index (χ0n) is 24.3. The molecule has 0 saturated carbocycles. The minimum Gasteiger partial charge on any atom is -0.497 e. The molecule has 218 valence electrons. The fraction of sp³-hybridized carbons (Fsp3) is 0.438. The zero-order chi connectivity index (χ0) is 28.9. The summed E-state index contributed by atoms with van der Waals surface area (Å²) in [6, 6.07) is 14.5. The van der Waals surface area contributed by atoms with E-state index in [9.17, 15) is 5.26 Å². The van der Waals surface area contributed by atoms with Gasteiger partial charge in [0.1, 0.15) is 11.5 Å². The Bertz CT molecular complexity index is 1540. The third-order valence-electron chi connectivity index (χ3n) is 8.30. The van der Waals surface area contributed by atoms with Crippen LogP contribution in [0.15, 0.2) is 55.0 Å². The summed E-state index contributed by atoms with van der Waals surface area (Å²) in [4.78, 5) is 14.3. The number of hydrogen-bond donors (Lipinski definition) is 0. The Morgan fingerprint density at radius 3 is 2.55 bits per heavy atom. The Hall–Kier alpha value is -4.20. The van der Waals surface area contributed by atoms with E-state index in [2.05, 4.69) is 39.3 Å². The number of nitrogens with zero attached hydrogens (tertiary/aromatic N) is 7. The van der Waals surface area contributed by atoms with Gasteiger partial charge in [-0.15, -0.1) is 0 Å². The van der Waals surface area contributed by atoms with Crippen LogP contribution in [0.2, 0.25) is 0 Å². The second-order valence-corrected chi connectivity index (χ2v) is 11.1. The maximum absolute atomic E-state index is 9.38. The molecule has 2 aromatic heterocycles. The van der Waals surface area contributed by atoms with Crippen LogP contribution in [0.4, 0.5) is 11.4 Å². The maximum Gasteiger partial charge on any atom is 0.124 e. The van der Waals surface area contributed by atoms with Crippen molar-refractivity contribution in [2.45, 2.75) is 25.8 Å². The summed E-state index contributed by atoms with van der Waals surface area (Å²) in [5.41, 5.74) is 5.35. The summed E-state index contributed by atoms with van der Waals surface area (Å²) in [6.45, 7) is 5.84. The second kappa shape index (κ2) is 12.8. The Kier molecular flexibility index (Phi) is 8.49. The van der Waals surface area contributed by atoms with Gasteiger partial charge in [0.25, 0.3) is 0 Å². The zero-order valence-corrected chi connectivity index (χ0v) is 24.3. The van der Waals surface area contributed by atoms with E-state index in [0.717, 1.165) is 110 Å². The molecule has 0 spiro atoms. The lowest BCUT2D eigenvalue weighted by Gasteiger charge is -2.28. The monoisotopic (exact) mass is 567 g/mol. The van der Waals surface area contributed by atoms with E-state index >= 15 is 0 Å². The summed E-state index contributed by atoms with van der Waals surface area (Å²) in [5, 5.41) is 14.0. The second-order valence-electron chi connectivity index (χ2n) is 11.1. The molecule has 2 aliphatic rings. The van der Waals surface area contributed by atoms with Crippen molar-refractivity contribution in [2.24, 2.45) is 11.8 Å². The van der Waals surface area contributed by atoms with Crippen LogP contribution < -0.4 is 14.4 Å². The molecule has 42 heavy (non-hydrogen) atoms.